The lowest BCUT2D eigenvalue weighted by atomic mass is 10.2. The number of carbonyl (C=O) groups is 1. The number of hydrogen-bond acceptors (Lipinski definition) is 5. The van der Waals surface area contributed by atoms with E-state index in [-0.39, 0.29) is 5.91 Å². The summed E-state index contributed by atoms with van der Waals surface area (Å²) in [6.45, 7) is 3.88. The van der Waals surface area contributed by atoms with Crippen LogP contribution in [0.2, 0.25) is 0 Å². The van der Waals surface area contributed by atoms with E-state index in [0.29, 0.717) is 17.9 Å². The molecule has 0 saturated carbocycles. The lowest BCUT2D eigenvalue weighted by Crippen LogP contribution is -2.33. The fourth-order valence-electron chi connectivity index (χ4n) is 2.43. The first-order valence-electron chi connectivity index (χ1n) is 7.14. The van der Waals surface area contributed by atoms with Crippen LogP contribution in [-0.4, -0.2) is 56.7 Å². The molecule has 0 bridgehead atoms. The van der Waals surface area contributed by atoms with Crippen LogP contribution in [0.4, 0.5) is 0 Å². The number of nitrogens with zero attached hydrogens (tertiary/aromatic N) is 5. The van der Waals surface area contributed by atoms with Crippen LogP contribution < -0.4 is 5.32 Å². The van der Waals surface area contributed by atoms with E-state index in [0.717, 1.165) is 19.6 Å². The van der Waals surface area contributed by atoms with Gasteiger partial charge >= 0.3 is 0 Å². The van der Waals surface area contributed by atoms with Gasteiger partial charge in [-0.1, -0.05) is 0 Å². The van der Waals surface area contributed by atoms with Crippen LogP contribution in [0, 0.1) is 0 Å². The standard InChI is InChI=1S/C14H18N6O/c21-14(15-5-8-19-6-1-2-7-19)12-3-4-13(16-9-12)20-10-17-18-11-20/h3-4,9-11H,1-2,5-8H2,(H,15,21). The smallest absolute Gasteiger partial charge is 0.252 e. The van der Waals surface area contributed by atoms with E-state index >= 15 is 0 Å². The summed E-state index contributed by atoms with van der Waals surface area (Å²) in [7, 11) is 0. The lowest BCUT2D eigenvalue weighted by molar-refractivity contribution is 0.0949. The highest BCUT2D eigenvalue weighted by Crippen LogP contribution is 2.06. The van der Waals surface area contributed by atoms with E-state index < -0.39 is 0 Å². The second-order valence-electron chi connectivity index (χ2n) is 5.08. The molecular weight excluding hydrogens is 268 g/mol. The van der Waals surface area contributed by atoms with E-state index in [2.05, 4.69) is 25.4 Å². The van der Waals surface area contributed by atoms with Crippen molar-refractivity contribution in [3.63, 3.8) is 0 Å². The maximum Gasteiger partial charge on any atom is 0.252 e. The molecule has 0 radical (unpaired) electrons. The molecule has 21 heavy (non-hydrogen) atoms. The van der Waals surface area contributed by atoms with Crippen molar-refractivity contribution >= 4 is 5.91 Å². The largest absolute Gasteiger partial charge is 0.351 e. The van der Waals surface area contributed by atoms with E-state index in [1.54, 1.807) is 35.6 Å². The molecule has 7 nitrogen and oxygen atoms in total. The van der Waals surface area contributed by atoms with E-state index in [1.807, 2.05) is 0 Å². The van der Waals surface area contributed by atoms with Crippen molar-refractivity contribution in [2.24, 2.45) is 0 Å². The first-order valence-corrected chi connectivity index (χ1v) is 7.14. The quantitative estimate of drug-likeness (QED) is 0.865. The van der Waals surface area contributed by atoms with Gasteiger partial charge in [-0.3, -0.25) is 9.36 Å². The molecule has 2 aromatic rings. The Morgan fingerprint density at radius 2 is 1.95 bits per heavy atom. The average Bonchev–Trinajstić information content (AvgIpc) is 3.21. The van der Waals surface area contributed by atoms with Gasteiger partial charge in [-0.2, -0.15) is 0 Å². The normalized spacial score (nSPS) is 15.2. The number of nitrogens with one attached hydrogen (secondary N) is 1. The fraction of sp³-hybridized carbons (Fsp3) is 0.429. The van der Waals surface area contributed by atoms with Gasteiger partial charge in [0, 0.05) is 19.3 Å². The molecule has 7 heteroatoms. The van der Waals surface area contributed by atoms with Crippen molar-refractivity contribution < 1.29 is 4.79 Å². The molecule has 1 fully saturated rings. The third kappa shape index (κ3) is 3.43. The Morgan fingerprint density at radius 3 is 2.62 bits per heavy atom. The van der Waals surface area contributed by atoms with Gasteiger partial charge in [0.1, 0.15) is 18.5 Å². The summed E-state index contributed by atoms with van der Waals surface area (Å²) in [5, 5.41) is 10.4. The number of rotatable bonds is 5. The molecule has 0 unspecified atom stereocenters. The number of carbonyl (C=O) groups excluding carboxylic acids is 1. The van der Waals surface area contributed by atoms with Gasteiger partial charge in [-0.25, -0.2) is 4.98 Å². The van der Waals surface area contributed by atoms with Gasteiger partial charge in [0.15, 0.2) is 0 Å². The first-order chi connectivity index (χ1) is 10.3. The maximum absolute atomic E-state index is 12.0. The molecule has 0 spiro atoms. The monoisotopic (exact) mass is 286 g/mol. The Hall–Kier alpha value is -2.28. The van der Waals surface area contributed by atoms with Crippen molar-refractivity contribution in [1.82, 2.24) is 30.0 Å². The lowest BCUT2D eigenvalue weighted by Gasteiger charge is -2.14. The second kappa shape index (κ2) is 6.45. The zero-order valence-corrected chi connectivity index (χ0v) is 11.8. The third-order valence-corrected chi connectivity index (χ3v) is 3.61. The van der Waals surface area contributed by atoms with Gasteiger partial charge in [0.2, 0.25) is 0 Å². The van der Waals surface area contributed by atoms with Crippen LogP contribution in [0.5, 0.6) is 0 Å². The molecule has 0 atom stereocenters. The van der Waals surface area contributed by atoms with Crippen molar-refractivity contribution in [2.75, 3.05) is 26.2 Å². The van der Waals surface area contributed by atoms with Gasteiger partial charge < -0.3 is 10.2 Å². The number of aromatic nitrogens is 4. The van der Waals surface area contributed by atoms with Crippen molar-refractivity contribution in [3.05, 3.63) is 36.5 Å². The molecule has 0 aliphatic carbocycles. The van der Waals surface area contributed by atoms with E-state index in [9.17, 15) is 4.79 Å². The predicted molar refractivity (Wildman–Crippen MR) is 77.2 cm³/mol. The summed E-state index contributed by atoms with van der Waals surface area (Å²) in [6, 6.07) is 3.53. The van der Waals surface area contributed by atoms with Crippen molar-refractivity contribution in [1.29, 1.82) is 0 Å². The molecule has 1 amide bonds. The minimum Gasteiger partial charge on any atom is -0.351 e. The predicted octanol–water partition coefficient (Wildman–Crippen LogP) is 0.488. The third-order valence-electron chi connectivity index (χ3n) is 3.61. The maximum atomic E-state index is 12.0. The highest BCUT2D eigenvalue weighted by molar-refractivity contribution is 5.93. The van der Waals surface area contributed by atoms with Gasteiger partial charge in [0.25, 0.3) is 5.91 Å². The zero-order valence-electron chi connectivity index (χ0n) is 11.8. The van der Waals surface area contributed by atoms with E-state index in [1.165, 1.54) is 12.8 Å². The van der Waals surface area contributed by atoms with Crippen LogP contribution in [0.25, 0.3) is 5.82 Å². The second-order valence-corrected chi connectivity index (χ2v) is 5.08. The SMILES string of the molecule is O=C(NCCN1CCCC1)c1ccc(-n2cnnc2)nc1. The molecule has 1 saturated heterocycles. The summed E-state index contributed by atoms with van der Waals surface area (Å²) in [4.78, 5) is 18.6. The summed E-state index contributed by atoms with van der Waals surface area (Å²) >= 11 is 0. The molecule has 110 valence electrons. The topological polar surface area (TPSA) is 75.9 Å². The van der Waals surface area contributed by atoms with Gasteiger partial charge in [-0.15, -0.1) is 10.2 Å². The molecule has 3 heterocycles. The Balaban J connectivity index is 1.52. The van der Waals surface area contributed by atoms with Gasteiger partial charge in [-0.05, 0) is 38.1 Å². The molecule has 3 rings (SSSR count). The molecule has 1 aliphatic rings. The molecule has 2 aromatic heterocycles. The van der Waals surface area contributed by atoms with Crippen LogP contribution in [0.3, 0.4) is 0 Å². The molecule has 0 aromatic carbocycles. The first kappa shape index (κ1) is 13.7. The minimum absolute atomic E-state index is 0.0861. The molecule has 1 N–H and O–H groups in total. The average molecular weight is 286 g/mol. The zero-order chi connectivity index (χ0) is 14.5. The van der Waals surface area contributed by atoms with Crippen LogP contribution >= 0.6 is 0 Å². The number of likely N-dealkylation sites (tertiary alicyclic amines) is 1. The summed E-state index contributed by atoms with van der Waals surface area (Å²) in [6.07, 6.45) is 7.24. The molecule has 1 aliphatic heterocycles. The summed E-state index contributed by atoms with van der Waals surface area (Å²) in [5.74, 6) is 0.602. The summed E-state index contributed by atoms with van der Waals surface area (Å²) in [5.41, 5.74) is 0.563. The van der Waals surface area contributed by atoms with E-state index in [4.69, 9.17) is 0 Å². The fourth-order valence-corrected chi connectivity index (χ4v) is 2.43. The summed E-state index contributed by atoms with van der Waals surface area (Å²) < 4.78 is 1.69. The van der Waals surface area contributed by atoms with Gasteiger partial charge in [0.05, 0.1) is 5.56 Å². The Kier molecular flexibility index (Phi) is 4.20. The highest BCUT2D eigenvalue weighted by atomic mass is 16.1. The number of pyridine rings is 1. The van der Waals surface area contributed by atoms with Crippen LogP contribution in [-0.2, 0) is 0 Å². The molecular formula is C14H18N6O. The minimum atomic E-state index is -0.0861. The Morgan fingerprint density at radius 1 is 1.19 bits per heavy atom. The number of amides is 1. The van der Waals surface area contributed by atoms with Crippen LogP contribution in [0.1, 0.15) is 23.2 Å². The Labute approximate surface area is 123 Å². The number of hydrogen-bond donors (Lipinski definition) is 1. The Bertz CT molecular complexity index is 574. The van der Waals surface area contributed by atoms with Crippen molar-refractivity contribution in [3.8, 4) is 5.82 Å². The van der Waals surface area contributed by atoms with Crippen molar-refractivity contribution in [2.45, 2.75) is 12.8 Å². The highest BCUT2D eigenvalue weighted by Gasteiger charge is 2.12. The van der Waals surface area contributed by atoms with Crippen LogP contribution in [0.15, 0.2) is 31.0 Å².